The SMILES string of the molecule is CSC1CCCCC1Nc1ccc(N)cc1. The van der Waals surface area contributed by atoms with E-state index in [0.717, 1.165) is 10.9 Å². The third-order valence-corrected chi connectivity index (χ3v) is 4.44. The second-order valence-electron chi connectivity index (χ2n) is 4.43. The first-order valence-electron chi connectivity index (χ1n) is 5.94. The second-order valence-corrected chi connectivity index (χ2v) is 5.51. The third kappa shape index (κ3) is 2.85. The molecule has 16 heavy (non-hydrogen) atoms. The quantitative estimate of drug-likeness (QED) is 0.790. The maximum Gasteiger partial charge on any atom is 0.0379 e. The molecule has 0 saturated heterocycles. The molecule has 0 heterocycles. The van der Waals surface area contributed by atoms with Crippen LogP contribution in [-0.2, 0) is 0 Å². The molecule has 0 aromatic heterocycles. The summed E-state index contributed by atoms with van der Waals surface area (Å²) in [5, 5.41) is 4.39. The highest BCUT2D eigenvalue weighted by atomic mass is 32.2. The molecule has 0 spiro atoms. The Labute approximate surface area is 102 Å². The third-order valence-electron chi connectivity index (χ3n) is 3.27. The van der Waals surface area contributed by atoms with Crippen LogP contribution in [0.4, 0.5) is 11.4 Å². The van der Waals surface area contributed by atoms with Crippen LogP contribution in [0.15, 0.2) is 24.3 Å². The van der Waals surface area contributed by atoms with Crippen molar-refractivity contribution < 1.29 is 0 Å². The number of benzene rings is 1. The highest BCUT2D eigenvalue weighted by Crippen LogP contribution is 2.29. The standard InChI is InChI=1S/C13H20N2S/c1-16-13-5-3-2-4-12(13)15-11-8-6-10(14)7-9-11/h6-9,12-13,15H,2-5,14H2,1H3. The molecule has 2 rings (SSSR count). The lowest BCUT2D eigenvalue weighted by Gasteiger charge is -2.31. The van der Waals surface area contributed by atoms with Crippen molar-refractivity contribution in [3.05, 3.63) is 24.3 Å². The van der Waals surface area contributed by atoms with Gasteiger partial charge >= 0.3 is 0 Å². The van der Waals surface area contributed by atoms with Crippen LogP contribution in [0.5, 0.6) is 0 Å². The zero-order valence-electron chi connectivity index (χ0n) is 9.78. The topological polar surface area (TPSA) is 38.0 Å². The summed E-state index contributed by atoms with van der Waals surface area (Å²) in [6.45, 7) is 0. The molecule has 1 aliphatic carbocycles. The molecule has 88 valence electrons. The van der Waals surface area contributed by atoms with Gasteiger partial charge in [-0.2, -0.15) is 11.8 Å². The van der Waals surface area contributed by atoms with Crippen LogP contribution in [0.1, 0.15) is 25.7 Å². The van der Waals surface area contributed by atoms with Gasteiger partial charge in [-0.05, 0) is 43.4 Å². The number of nitrogens with two attached hydrogens (primary N) is 1. The molecule has 0 aliphatic heterocycles. The van der Waals surface area contributed by atoms with Gasteiger partial charge in [-0.15, -0.1) is 0 Å². The summed E-state index contributed by atoms with van der Waals surface area (Å²) >= 11 is 1.99. The van der Waals surface area contributed by atoms with Crippen molar-refractivity contribution in [2.24, 2.45) is 0 Å². The number of hydrogen-bond donors (Lipinski definition) is 2. The molecule has 0 amide bonds. The Bertz CT molecular complexity index is 323. The fourth-order valence-corrected chi connectivity index (χ4v) is 3.27. The highest BCUT2D eigenvalue weighted by Gasteiger charge is 2.23. The summed E-state index contributed by atoms with van der Waals surface area (Å²) in [4.78, 5) is 0. The van der Waals surface area contributed by atoms with Crippen molar-refractivity contribution in [3.8, 4) is 0 Å². The smallest absolute Gasteiger partial charge is 0.0379 e. The van der Waals surface area contributed by atoms with E-state index in [9.17, 15) is 0 Å². The van der Waals surface area contributed by atoms with Crippen molar-refractivity contribution in [3.63, 3.8) is 0 Å². The summed E-state index contributed by atoms with van der Waals surface area (Å²) in [6.07, 6.45) is 7.58. The van der Waals surface area contributed by atoms with E-state index in [1.807, 2.05) is 23.9 Å². The van der Waals surface area contributed by atoms with E-state index in [4.69, 9.17) is 5.73 Å². The summed E-state index contributed by atoms with van der Waals surface area (Å²) in [5.41, 5.74) is 7.71. The van der Waals surface area contributed by atoms with Crippen LogP contribution in [0.3, 0.4) is 0 Å². The number of nitrogens with one attached hydrogen (secondary N) is 1. The molecule has 3 N–H and O–H groups in total. The number of thioether (sulfide) groups is 1. The lowest BCUT2D eigenvalue weighted by molar-refractivity contribution is 0.475. The van der Waals surface area contributed by atoms with Gasteiger partial charge in [0.25, 0.3) is 0 Å². The van der Waals surface area contributed by atoms with Gasteiger partial charge < -0.3 is 11.1 Å². The number of nitrogen functional groups attached to an aromatic ring is 1. The summed E-state index contributed by atoms with van der Waals surface area (Å²) in [7, 11) is 0. The Morgan fingerprint density at radius 1 is 1.19 bits per heavy atom. The van der Waals surface area contributed by atoms with Crippen molar-refractivity contribution in [1.29, 1.82) is 0 Å². The monoisotopic (exact) mass is 236 g/mol. The highest BCUT2D eigenvalue weighted by molar-refractivity contribution is 7.99. The summed E-state index contributed by atoms with van der Waals surface area (Å²) < 4.78 is 0. The van der Waals surface area contributed by atoms with Gasteiger partial charge in [0.05, 0.1) is 0 Å². The van der Waals surface area contributed by atoms with Gasteiger partial charge in [0, 0.05) is 22.7 Å². The number of rotatable bonds is 3. The minimum atomic E-state index is 0.618. The van der Waals surface area contributed by atoms with Crippen LogP contribution in [-0.4, -0.2) is 17.5 Å². The normalized spacial score (nSPS) is 25.3. The van der Waals surface area contributed by atoms with E-state index in [2.05, 4.69) is 23.7 Å². The molecule has 1 aliphatic rings. The Balaban J connectivity index is 1.99. The minimum absolute atomic E-state index is 0.618. The molecule has 1 saturated carbocycles. The average molecular weight is 236 g/mol. The Hall–Kier alpha value is -0.830. The molecular formula is C13H20N2S. The molecule has 1 fully saturated rings. The number of anilines is 2. The zero-order valence-corrected chi connectivity index (χ0v) is 10.6. The van der Waals surface area contributed by atoms with Crippen molar-refractivity contribution in [2.45, 2.75) is 37.0 Å². The van der Waals surface area contributed by atoms with Gasteiger partial charge in [0.1, 0.15) is 0 Å². The van der Waals surface area contributed by atoms with Gasteiger partial charge in [-0.3, -0.25) is 0 Å². The van der Waals surface area contributed by atoms with Gasteiger partial charge in [-0.1, -0.05) is 12.8 Å². The van der Waals surface area contributed by atoms with Crippen molar-refractivity contribution in [1.82, 2.24) is 0 Å². The summed E-state index contributed by atoms with van der Waals surface area (Å²) in [5.74, 6) is 0. The molecule has 0 radical (unpaired) electrons. The average Bonchev–Trinajstić information content (AvgIpc) is 2.33. The summed E-state index contributed by atoms with van der Waals surface area (Å²) in [6, 6.07) is 8.67. The second kappa shape index (κ2) is 5.48. The molecule has 0 bridgehead atoms. The van der Waals surface area contributed by atoms with Crippen LogP contribution in [0.2, 0.25) is 0 Å². The lowest BCUT2D eigenvalue weighted by atomic mass is 9.94. The zero-order chi connectivity index (χ0) is 11.4. The van der Waals surface area contributed by atoms with Gasteiger partial charge in [0.2, 0.25) is 0 Å². The van der Waals surface area contributed by atoms with E-state index < -0.39 is 0 Å². The molecule has 1 aromatic rings. The predicted molar refractivity (Wildman–Crippen MR) is 74.0 cm³/mol. The maximum atomic E-state index is 5.68. The van der Waals surface area contributed by atoms with Crippen LogP contribution in [0, 0.1) is 0 Å². The Morgan fingerprint density at radius 2 is 1.88 bits per heavy atom. The van der Waals surface area contributed by atoms with Gasteiger partial charge in [-0.25, -0.2) is 0 Å². The maximum absolute atomic E-state index is 5.68. The molecule has 2 atom stereocenters. The molecule has 2 unspecified atom stereocenters. The largest absolute Gasteiger partial charge is 0.399 e. The van der Waals surface area contributed by atoms with E-state index in [-0.39, 0.29) is 0 Å². The fraction of sp³-hybridized carbons (Fsp3) is 0.538. The van der Waals surface area contributed by atoms with Crippen LogP contribution >= 0.6 is 11.8 Å². The van der Waals surface area contributed by atoms with E-state index >= 15 is 0 Å². The van der Waals surface area contributed by atoms with E-state index in [0.29, 0.717) is 6.04 Å². The predicted octanol–water partition coefficient (Wildman–Crippen LogP) is 3.35. The molecule has 3 heteroatoms. The Morgan fingerprint density at radius 3 is 2.56 bits per heavy atom. The van der Waals surface area contributed by atoms with E-state index in [1.54, 1.807) is 0 Å². The first-order valence-corrected chi connectivity index (χ1v) is 7.23. The molecule has 2 nitrogen and oxygen atoms in total. The van der Waals surface area contributed by atoms with Crippen LogP contribution in [0.25, 0.3) is 0 Å². The molecular weight excluding hydrogens is 216 g/mol. The van der Waals surface area contributed by atoms with Crippen LogP contribution < -0.4 is 11.1 Å². The first-order chi connectivity index (χ1) is 7.79. The fourth-order valence-electron chi connectivity index (χ4n) is 2.34. The van der Waals surface area contributed by atoms with Crippen molar-refractivity contribution in [2.75, 3.05) is 17.3 Å². The Kier molecular flexibility index (Phi) is 3.99. The molecule has 1 aromatic carbocycles. The lowest BCUT2D eigenvalue weighted by Crippen LogP contribution is -2.34. The van der Waals surface area contributed by atoms with Crippen molar-refractivity contribution >= 4 is 23.1 Å². The van der Waals surface area contributed by atoms with E-state index in [1.165, 1.54) is 31.4 Å². The first kappa shape index (κ1) is 11.6. The minimum Gasteiger partial charge on any atom is -0.399 e. The number of hydrogen-bond acceptors (Lipinski definition) is 3. The van der Waals surface area contributed by atoms with Gasteiger partial charge in [0.15, 0.2) is 0 Å².